The van der Waals surface area contributed by atoms with Gasteiger partial charge in [0.05, 0.1) is 19.8 Å². The predicted molar refractivity (Wildman–Crippen MR) is 258 cm³/mol. The molecule has 11 heteroatoms. The maximum absolute atomic E-state index is 12.7. The number of esters is 1. The average Bonchev–Trinajstić information content (AvgIpc) is 3.25. The predicted octanol–water partition coefficient (Wildman–Crippen LogP) is 14.8. The van der Waals surface area contributed by atoms with E-state index < -0.39 is 45.1 Å². The molecular formula is C51H96NO9P. The maximum Gasteiger partial charge on any atom is 0.472 e. The molecule has 10 nitrogen and oxygen atoms in total. The summed E-state index contributed by atoms with van der Waals surface area (Å²) in [5, 5.41) is 8.92. The van der Waals surface area contributed by atoms with Crippen LogP contribution in [-0.4, -0.2) is 60.5 Å². The Kier molecular flexibility index (Phi) is 45.8. The number of carbonyl (C=O) groups excluding carboxylic acids is 1. The summed E-state index contributed by atoms with van der Waals surface area (Å²) in [7, 11) is -4.62. The molecule has 0 fully saturated rings. The van der Waals surface area contributed by atoms with Crippen LogP contribution in [0.5, 0.6) is 0 Å². The van der Waals surface area contributed by atoms with Crippen LogP contribution in [0.1, 0.15) is 239 Å². The molecule has 0 radical (unpaired) electrons. The molecule has 0 amide bonds. The second-order valence-corrected chi connectivity index (χ2v) is 18.7. The fourth-order valence-electron chi connectivity index (χ4n) is 7.16. The molecule has 0 heterocycles. The van der Waals surface area contributed by atoms with E-state index >= 15 is 0 Å². The summed E-state index contributed by atoms with van der Waals surface area (Å²) < 4.78 is 33.5. The Balaban J connectivity index is 4.13. The van der Waals surface area contributed by atoms with Crippen molar-refractivity contribution in [2.75, 3.05) is 26.4 Å². The second kappa shape index (κ2) is 47.2. The highest BCUT2D eigenvalue weighted by atomic mass is 31.2. The summed E-state index contributed by atoms with van der Waals surface area (Å²) in [5.41, 5.74) is 5.37. The molecule has 62 heavy (non-hydrogen) atoms. The fourth-order valence-corrected chi connectivity index (χ4v) is 7.94. The average molecular weight is 898 g/mol. The first-order chi connectivity index (χ1) is 30.2. The van der Waals surface area contributed by atoms with Crippen molar-refractivity contribution in [3.05, 3.63) is 36.5 Å². The normalized spacial score (nSPS) is 14.0. The van der Waals surface area contributed by atoms with Gasteiger partial charge in [0, 0.05) is 13.0 Å². The van der Waals surface area contributed by atoms with Crippen molar-refractivity contribution in [3.8, 4) is 0 Å². The Hall–Kier alpha value is -1.81. The van der Waals surface area contributed by atoms with Crippen LogP contribution in [0.3, 0.4) is 0 Å². The number of phosphoric acid groups is 1. The number of rotatable bonds is 49. The monoisotopic (exact) mass is 898 g/mol. The van der Waals surface area contributed by atoms with Crippen LogP contribution in [0.2, 0.25) is 0 Å². The molecule has 0 rings (SSSR count). The lowest BCUT2D eigenvalue weighted by Gasteiger charge is -2.20. The Bertz CT molecular complexity index is 1130. The lowest BCUT2D eigenvalue weighted by Crippen LogP contribution is -2.34. The molecule has 0 spiro atoms. The van der Waals surface area contributed by atoms with Crippen molar-refractivity contribution in [1.29, 1.82) is 0 Å². The zero-order chi connectivity index (χ0) is 45.5. The van der Waals surface area contributed by atoms with E-state index in [4.69, 9.17) is 29.4 Å². The number of aliphatic carboxylic acids is 1. The van der Waals surface area contributed by atoms with Gasteiger partial charge in [-0.05, 0) is 70.6 Å². The van der Waals surface area contributed by atoms with Crippen LogP contribution in [0.15, 0.2) is 36.5 Å². The van der Waals surface area contributed by atoms with Gasteiger partial charge < -0.3 is 25.2 Å². The number of ether oxygens (including phenoxy) is 2. The highest BCUT2D eigenvalue weighted by molar-refractivity contribution is 7.47. The first kappa shape index (κ1) is 60.2. The molecule has 0 saturated carbocycles. The van der Waals surface area contributed by atoms with E-state index in [1.807, 2.05) is 0 Å². The zero-order valence-corrected chi connectivity index (χ0v) is 40.9. The van der Waals surface area contributed by atoms with E-state index in [0.29, 0.717) is 13.0 Å². The fraction of sp³-hybridized carbons (Fsp3) is 0.843. The quantitative estimate of drug-likeness (QED) is 0.0233. The summed E-state index contributed by atoms with van der Waals surface area (Å²) in [6, 6.07) is -1.48. The van der Waals surface area contributed by atoms with Gasteiger partial charge >= 0.3 is 19.8 Å². The number of carboxylic acids is 1. The largest absolute Gasteiger partial charge is 0.480 e. The summed E-state index contributed by atoms with van der Waals surface area (Å²) >= 11 is 0. The lowest BCUT2D eigenvalue weighted by molar-refractivity contribution is -0.154. The van der Waals surface area contributed by atoms with Crippen LogP contribution >= 0.6 is 7.82 Å². The molecule has 3 atom stereocenters. The van der Waals surface area contributed by atoms with Crippen LogP contribution in [-0.2, 0) is 32.7 Å². The molecule has 0 aromatic heterocycles. The van der Waals surface area contributed by atoms with Gasteiger partial charge in [-0.3, -0.25) is 18.6 Å². The third-order valence-electron chi connectivity index (χ3n) is 11.1. The third-order valence-corrected chi connectivity index (χ3v) is 12.1. The van der Waals surface area contributed by atoms with Crippen LogP contribution in [0.4, 0.5) is 0 Å². The summed E-state index contributed by atoms with van der Waals surface area (Å²) in [5.74, 6) is -1.78. The van der Waals surface area contributed by atoms with E-state index in [0.717, 1.165) is 51.4 Å². The van der Waals surface area contributed by atoms with Crippen molar-refractivity contribution >= 4 is 19.8 Å². The van der Waals surface area contributed by atoms with Gasteiger partial charge in [0.1, 0.15) is 12.1 Å². The van der Waals surface area contributed by atoms with Crippen LogP contribution < -0.4 is 5.73 Å². The van der Waals surface area contributed by atoms with E-state index in [2.05, 4.69) is 50.3 Å². The molecule has 3 unspecified atom stereocenters. The summed E-state index contributed by atoms with van der Waals surface area (Å²) in [6.45, 7) is 3.87. The first-order valence-electron chi connectivity index (χ1n) is 25.5. The van der Waals surface area contributed by atoms with Crippen molar-refractivity contribution < 1.29 is 42.7 Å². The number of carboxylic acid groups (broad SMARTS) is 1. The smallest absolute Gasteiger partial charge is 0.472 e. The van der Waals surface area contributed by atoms with Crippen molar-refractivity contribution in [2.24, 2.45) is 5.73 Å². The zero-order valence-electron chi connectivity index (χ0n) is 40.0. The molecular weight excluding hydrogens is 802 g/mol. The number of phosphoric ester groups is 1. The van der Waals surface area contributed by atoms with Gasteiger partial charge in [-0.1, -0.05) is 198 Å². The number of nitrogens with two attached hydrogens (primary N) is 1. The number of hydrogen-bond donors (Lipinski definition) is 3. The van der Waals surface area contributed by atoms with E-state index in [9.17, 15) is 19.0 Å². The van der Waals surface area contributed by atoms with Crippen LogP contribution in [0, 0.1) is 0 Å². The molecule has 4 N–H and O–H groups in total. The molecule has 0 saturated heterocycles. The minimum absolute atomic E-state index is 0.0111. The molecule has 0 aliphatic rings. The van der Waals surface area contributed by atoms with Crippen molar-refractivity contribution in [2.45, 2.75) is 251 Å². The van der Waals surface area contributed by atoms with E-state index in [1.165, 1.54) is 161 Å². The Labute approximate surface area is 380 Å². The second-order valence-electron chi connectivity index (χ2n) is 17.3. The van der Waals surface area contributed by atoms with Gasteiger partial charge in [-0.15, -0.1) is 0 Å². The minimum Gasteiger partial charge on any atom is -0.480 e. The molecule has 0 bridgehead atoms. The lowest BCUT2D eigenvalue weighted by atomic mass is 10.0. The van der Waals surface area contributed by atoms with Crippen molar-refractivity contribution in [1.82, 2.24) is 0 Å². The SMILES string of the molecule is CCCCCC/C=C\C/C=C\CCCCCCCCOCC(COP(=O)(O)OCC(N)C(=O)O)OC(=O)CCCCCCCCCCCCC/C=C\CCCCCCCCCC. The van der Waals surface area contributed by atoms with Gasteiger partial charge in [0.25, 0.3) is 0 Å². The van der Waals surface area contributed by atoms with Gasteiger partial charge in [0.2, 0.25) is 0 Å². The maximum atomic E-state index is 12.7. The van der Waals surface area contributed by atoms with E-state index in [1.54, 1.807) is 0 Å². The third kappa shape index (κ3) is 46.2. The van der Waals surface area contributed by atoms with Gasteiger partial charge in [-0.2, -0.15) is 0 Å². The van der Waals surface area contributed by atoms with Crippen molar-refractivity contribution in [3.63, 3.8) is 0 Å². The highest BCUT2D eigenvalue weighted by Crippen LogP contribution is 2.43. The molecule has 0 aliphatic carbocycles. The number of carbonyl (C=O) groups is 2. The standard InChI is InChI=1S/C51H96NO9P/c1-3-5-7-9-11-13-15-17-19-21-22-23-24-25-26-27-29-31-33-35-37-39-41-43-50(53)61-48(46-59-62(56,57)60-47-49(52)51(54)55)45-58-44-42-40-38-36-34-32-30-28-20-18-16-14-12-10-8-6-4-2/h14,16,20-22,28,48-49H,3-13,15,17-19,23-27,29-47,52H2,1-2H3,(H,54,55)(H,56,57)/b16-14-,22-21-,28-20-. The Morgan fingerprint density at radius 3 is 1.34 bits per heavy atom. The number of unbranched alkanes of at least 4 members (excludes halogenated alkanes) is 29. The molecule has 364 valence electrons. The number of allylic oxidation sites excluding steroid dienone is 6. The number of hydrogen-bond acceptors (Lipinski definition) is 8. The summed E-state index contributed by atoms with van der Waals surface area (Å²) in [4.78, 5) is 33.7. The Morgan fingerprint density at radius 1 is 0.516 bits per heavy atom. The Morgan fingerprint density at radius 2 is 0.887 bits per heavy atom. The molecule has 0 aromatic carbocycles. The molecule has 0 aliphatic heterocycles. The molecule has 0 aromatic rings. The van der Waals surface area contributed by atoms with E-state index in [-0.39, 0.29) is 13.0 Å². The first-order valence-corrected chi connectivity index (χ1v) is 27.0. The van der Waals surface area contributed by atoms with Gasteiger partial charge in [0.15, 0.2) is 0 Å². The van der Waals surface area contributed by atoms with Crippen LogP contribution in [0.25, 0.3) is 0 Å². The summed E-state index contributed by atoms with van der Waals surface area (Å²) in [6.07, 6.45) is 54.9. The highest BCUT2D eigenvalue weighted by Gasteiger charge is 2.27. The minimum atomic E-state index is -4.62. The van der Waals surface area contributed by atoms with Gasteiger partial charge in [-0.25, -0.2) is 4.57 Å². The topological polar surface area (TPSA) is 155 Å².